The van der Waals surface area contributed by atoms with Gasteiger partial charge in [0, 0.05) is 19.7 Å². The molecule has 5 heteroatoms. The lowest BCUT2D eigenvalue weighted by Crippen LogP contribution is -2.28. The van der Waals surface area contributed by atoms with Crippen LogP contribution in [0.25, 0.3) is 11.3 Å². The molecule has 88 valence electrons. The van der Waals surface area contributed by atoms with Crippen LogP contribution in [0.5, 0.6) is 0 Å². The highest BCUT2D eigenvalue weighted by atomic mass is 15.4. The highest BCUT2D eigenvalue weighted by molar-refractivity contribution is 5.89. The molecule has 1 unspecified atom stereocenters. The smallest absolute Gasteiger partial charge is 0.120 e. The Hall–Kier alpha value is -2.04. The summed E-state index contributed by atoms with van der Waals surface area (Å²) in [5.41, 5.74) is 11.0. The zero-order valence-electron chi connectivity index (χ0n) is 10.2. The van der Waals surface area contributed by atoms with E-state index < -0.39 is 0 Å². The maximum absolute atomic E-state index is 6.06. The normalized spacial score (nSPS) is 17.8. The van der Waals surface area contributed by atoms with Crippen LogP contribution in [0, 0.1) is 0 Å². The molecule has 0 saturated heterocycles. The molecular formula is C12H15N5. The molecule has 1 aliphatic rings. The molecule has 0 aliphatic carbocycles. The molecule has 3 rings (SSSR count). The van der Waals surface area contributed by atoms with Gasteiger partial charge in [0.05, 0.1) is 23.1 Å². The number of benzene rings is 1. The maximum atomic E-state index is 6.06. The number of hydrogen-bond donors (Lipinski definition) is 1. The summed E-state index contributed by atoms with van der Waals surface area (Å²) in [6.07, 6.45) is 0. The number of aromatic nitrogens is 3. The molecule has 17 heavy (non-hydrogen) atoms. The van der Waals surface area contributed by atoms with Crippen LogP contribution in [-0.4, -0.2) is 22.0 Å². The van der Waals surface area contributed by atoms with Crippen molar-refractivity contribution in [3.05, 3.63) is 23.9 Å². The van der Waals surface area contributed by atoms with E-state index in [1.807, 2.05) is 29.9 Å². The van der Waals surface area contributed by atoms with Crippen LogP contribution in [0.3, 0.4) is 0 Å². The summed E-state index contributed by atoms with van der Waals surface area (Å²) in [6.45, 7) is 2.14. The van der Waals surface area contributed by atoms with Crippen molar-refractivity contribution in [1.82, 2.24) is 15.0 Å². The summed E-state index contributed by atoms with van der Waals surface area (Å²) in [5, 5.41) is 8.37. The highest BCUT2D eigenvalue weighted by Gasteiger charge is 2.31. The van der Waals surface area contributed by atoms with E-state index in [0.29, 0.717) is 0 Å². The minimum Gasteiger partial charge on any atom is -0.397 e. The lowest BCUT2D eigenvalue weighted by atomic mass is 9.97. The third kappa shape index (κ3) is 1.19. The molecule has 0 fully saturated rings. The zero-order chi connectivity index (χ0) is 12.2. The molecule has 2 heterocycles. The van der Waals surface area contributed by atoms with Gasteiger partial charge in [-0.25, -0.2) is 4.68 Å². The molecule has 1 aromatic carbocycles. The number of para-hydroxylation sites is 1. The number of nitrogen functional groups attached to an aromatic ring is 1. The second kappa shape index (κ2) is 3.23. The fraction of sp³-hybridized carbons (Fsp3) is 0.333. The first-order chi connectivity index (χ1) is 8.11. The maximum Gasteiger partial charge on any atom is 0.120 e. The van der Waals surface area contributed by atoms with Crippen LogP contribution in [0.15, 0.2) is 18.2 Å². The van der Waals surface area contributed by atoms with E-state index >= 15 is 0 Å². The number of aryl methyl sites for hydroxylation is 1. The molecule has 1 aliphatic heterocycles. The first-order valence-corrected chi connectivity index (χ1v) is 5.62. The van der Waals surface area contributed by atoms with Gasteiger partial charge in [0.1, 0.15) is 5.69 Å². The Labute approximate surface area is 99.8 Å². The van der Waals surface area contributed by atoms with Gasteiger partial charge >= 0.3 is 0 Å². The molecule has 0 spiro atoms. The van der Waals surface area contributed by atoms with Gasteiger partial charge in [-0.15, -0.1) is 5.10 Å². The van der Waals surface area contributed by atoms with Crippen molar-refractivity contribution in [2.75, 3.05) is 17.7 Å². The number of nitrogens with two attached hydrogens (primary N) is 1. The van der Waals surface area contributed by atoms with Gasteiger partial charge in [0.2, 0.25) is 0 Å². The van der Waals surface area contributed by atoms with Gasteiger partial charge in [-0.05, 0) is 13.0 Å². The molecule has 0 bridgehead atoms. The first-order valence-electron chi connectivity index (χ1n) is 5.62. The van der Waals surface area contributed by atoms with Crippen LogP contribution in [0.1, 0.15) is 18.7 Å². The molecule has 0 radical (unpaired) electrons. The van der Waals surface area contributed by atoms with Crippen LogP contribution in [-0.2, 0) is 7.05 Å². The lowest BCUT2D eigenvalue weighted by Gasteiger charge is -2.34. The Morgan fingerprint density at radius 3 is 2.82 bits per heavy atom. The van der Waals surface area contributed by atoms with Crippen molar-refractivity contribution in [2.45, 2.75) is 13.0 Å². The van der Waals surface area contributed by atoms with Gasteiger partial charge < -0.3 is 10.6 Å². The quantitative estimate of drug-likeness (QED) is 0.697. The summed E-state index contributed by atoms with van der Waals surface area (Å²) >= 11 is 0. The number of hydrogen-bond acceptors (Lipinski definition) is 4. The second-order valence-electron chi connectivity index (χ2n) is 4.48. The third-order valence-electron chi connectivity index (χ3n) is 3.52. The van der Waals surface area contributed by atoms with Crippen molar-refractivity contribution < 1.29 is 0 Å². The fourth-order valence-corrected chi connectivity index (χ4v) is 2.55. The molecule has 5 nitrogen and oxygen atoms in total. The van der Waals surface area contributed by atoms with Crippen molar-refractivity contribution in [3.8, 4) is 11.3 Å². The van der Waals surface area contributed by atoms with E-state index in [9.17, 15) is 0 Å². The Kier molecular flexibility index (Phi) is 1.92. The molecule has 2 aromatic rings. The Bertz CT molecular complexity index is 587. The Balaban J connectivity index is 2.37. The zero-order valence-corrected chi connectivity index (χ0v) is 10.2. The first kappa shape index (κ1) is 10.1. The van der Waals surface area contributed by atoms with E-state index in [-0.39, 0.29) is 6.04 Å². The molecule has 1 atom stereocenters. The number of fused-ring (bicyclic) bond motifs is 3. The number of rotatable bonds is 0. The Morgan fingerprint density at radius 1 is 1.29 bits per heavy atom. The summed E-state index contributed by atoms with van der Waals surface area (Å²) in [6, 6.07) is 6.14. The van der Waals surface area contributed by atoms with E-state index in [4.69, 9.17) is 5.73 Å². The van der Waals surface area contributed by atoms with Crippen molar-refractivity contribution in [1.29, 1.82) is 0 Å². The van der Waals surface area contributed by atoms with E-state index in [0.717, 1.165) is 28.3 Å². The number of nitrogens with zero attached hydrogens (tertiary/aromatic N) is 4. The van der Waals surface area contributed by atoms with E-state index in [1.54, 1.807) is 0 Å². The number of anilines is 2. The van der Waals surface area contributed by atoms with Crippen molar-refractivity contribution in [3.63, 3.8) is 0 Å². The van der Waals surface area contributed by atoms with Crippen molar-refractivity contribution >= 4 is 11.4 Å². The van der Waals surface area contributed by atoms with Gasteiger partial charge in [0.15, 0.2) is 0 Å². The van der Waals surface area contributed by atoms with Gasteiger partial charge in [-0.1, -0.05) is 17.3 Å². The summed E-state index contributed by atoms with van der Waals surface area (Å²) in [4.78, 5) is 2.18. The van der Waals surface area contributed by atoms with Crippen molar-refractivity contribution in [2.24, 2.45) is 7.05 Å². The topological polar surface area (TPSA) is 60.0 Å². The van der Waals surface area contributed by atoms with Crippen LogP contribution in [0.4, 0.5) is 11.4 Å². The highest BCUT2D eigenvalue weighted by Crippen LogP contribution is 2.44. The summed E-state index contributed by atoms with van der Waals surface area (Å²) < 4.78 is 1.84. The van der Waals surface area contributed by atoms with Gasteiger partial charge in [-0.3, -0.25) is 0 Å². The fourth-order valence-electron chi connectivity index (χ4n) is 2.55. The second-order valence-corrected chi connectivity index (χ2v) is 4.48. The SMILES string of the molecule is CC1c2c(nnn2C)-c2cccc(N)c2N1C. The van der Waals surface area contributed by atoms with Gasteiger partial charge in [-0.2, -0.15) is 0 Å². The molecular weight excluding hydrogens is 214 g/mol. The molecule has 1 aromatic heterocycles. The summed E-state index contributed by atoms with van der Waals surface area (Å²) in [7, 11) is 3.98. The summed E-state index contributed by atoms with van der Waals surface area (Å²) in [5.74, 6) is 0. The minimum absolute atomic E-state index is 0.224. The predicted molar refractivity (Wildman–Crippen MR) is 67.7 cm³/mol. The lowest BCUT2D eigenvalue weighted by molar-refractivity contribution is 0.615. The predicted octanol–water partition coefficient (Wildman–Crippen LogP) is 1.58. The largest absolute Gasteiger partial charge is 0.397 e. The Morgan fingerprint density at radius 2 is 2.06 bits per heavy atom. The van der Waals surface area contributed by atoms with Crippen LogP contribution >= 0.6 is 0 Å². The minimum atomic E-state index is 0.224. The standard InChI is InChI=1S/C12H15N5/c1-7-11-10(14-15-17(11)3)8-5-4-6-9(13)12(8)16(7)2/h4-7H,13H2,1-3H3. The van der Waals surface area contributed by atoms with Gasteiger partial charge in [0.25, 0.3) is 0 Å². The molecule has 2 N–H and O–H groups in total. The molecule has 0 amide bonds. The van der Waals surface area contributed by atoms with E-state index in [1.165, 1.54) is 0 Å². The van der Waals surface area contributed by atoms with Crippen LogP contribution < -0.4 is 10.6 Å². The van der Waals surface area contributed by atoms with Crippen LogP contribution in [0.2, 0.25) is 0 Å². The average Bonchev–Trinajstić information content (AvgIpc) is 2.68. The van der Waals surface area contributed by atoms with E-state index in [2.05, 4.69) is 29.2 Å². The third-order valence-corrected chi connectivity index (χ3v) is 3.52. The monoisotopic (exact) mass is 229 g/mol. The molecule has 0 saturated carbocycles. The average molecular weight is 229 g/mol.